The van der Waals surface area contributed by atoms with Crippen molar-refractivity contribution in [3.8, 4) is 0 Å². The Balaban J connectivity index is 1.46. The number of furan rings is 2. The van der Waals surface area contributed by atoms with Crippen LogP contribution in [0.1, 0.15) is 51.8 Å². The topological polar surface area (TPSA) is 46.6 Å². The second-order valence-corrected chi connectivity index (χ2v) is 9.54. The van der Waals surface area contributed by atoms with Crippen molar-refractivity contribution in [1.29, 1.82) is 0 Å². The predicted octanol–water partition coefficient (Wildman–Crippen LogP) is 7.02. The number of amides is 1. The number of hydrogen-bond donors (Lipinski definition) is 0. The number of carbonyl (C=O) groups is 1. The van der Waals surface area contributed by atoms with E-state index in [1.165, 1.54) is 17.8 Å². The van der Waals surface area contributed by atoms with Crippen LogP contribution in [0.4, 0.5) is 0 Å². The molecule has 0 aliphatic heterocycles. The van der Waals surface area contributed by atoms with Crippen LogP contribution in [0.15, 0.2) is 57.6 Å². The predicted molar refractivity (Wildman–Crippen MR) is 119 cm³/mol. The summed E-state index contributed by atoms with van der Waals surface area (Å²) in [6, 6.07) is 13.8. The Morgan fingerprint density at radius 1 is 1.20 bits per heavy atom. The number of nitrogens with zero attached hydrogens (tertiary/aromatic N) is 1. The fourth-order valence-corrected chi connectivity index (χ4v) is 5.41. The number of hydrogen-bond acceptors (Lipinski definition) is 4. The summed E-state index contributed by atoms with van der Waals surface area (Å²) in [6.07, 6.45) is 2.78. The van der Waals surface area contributed by atoms with E-state index < -0.39 is 0 Å². The summed E-state index contributed by atoms with van der Waals surface area (Å²) in [5.41, 5.74) is 1.14. The first-order valence-corrected chi connectivity index (χ1v) is 11.3. The summed E-state index contributed by atoms with van der Waals surface area (Å²) >= 11 is 8.05. The lowest BCUT2D eigenvalue weighted by Gasteiger charge is -2.20. The number of carbonyl (C=O) groups excluding carboxylic acids is 1. The number of fused-ring (bicyclic) bond motifs is 1. The first kappa shape index (κ1) is 19.5. The van der Waals surface area contributed by atoms with Gasteiger partial charge in [-0.15, -0.1) is 11.3 Å². The van der Waals surface area contributed by atoms with Gasteiger partial charge in [0.2, 0.25) is 0 Å². The largest absolute Gasteiger partial charge is 0.467 e. The van der Waals surface area contributed by atoms with Crippen LogP contribution in [0, 0.1) is 12.8 Å². The zero-order valence-corrected chi connectivity index (χ0v) is 18.4. The minimum Gasteiger partial charge on any atom is -0.467 e. The smallest absolute Gasteiger partial charge is 0.266 e. The Labute approximate surface area is 184 Å². The van der Waals surface area contributed by atoms with Gasteiger partial charge in [-0.25, -0.2) is 0 Å². The molecule has 154 valence electrons. The van der Waals surface area contributed by atoms with Crippen LogP contribution in [-0.4, -0.2) is 10.8 Å². The Morgan fingerprint density at radius 3 is 2.73 bits per heavy atom. The van der Waals surface area contributed by atoms with Crippen LogP contribution in [-0.2, 0) is 13.1 Å². The van der Waals surface area contributed by atoms with Crippen molar-refractivity contribution in [3.05, 3.63) is 81.5 Å². The maximum Gasteiger partial charge on any atom is 0.266 e. The van der Waals surface area contributed by atoms with E-state index in [0.29, 0.717) is 34.8 Å². The number of halogens is 1. The quantitative estimate of drug-likeness (QED) is 0.324. The van der Waals surface area contributed by atoms with Gasteiger partial charge in [0.05, 0.1) is 24.4 Å². The molecule has 3 aromatic heterocycles. The van der Waals surface area contributed by atoms with Crippen molar-refractivity contribution in [2.75, 3.05) is 0 Å². The average molecular weight is 440 g/mol. The molecule has 1 saturated carbocycles. The fraction of sp³-hybridized carbons (Fsp3) is 0.292. The normalized spacial score (nSPS) is 18.1. The van der Waals surface area contributed by atoms with Crippen molar-refractivity contribution in [2.24, 2.45) is 5.92 Å². The Morgan fingerprint density at radius 2 is 2.00 bits per heavy atom. The van der Waals surface area contributed by atoms with E-state index in [1.807, 2.05) is 43.3 Å². The maximum absolute atomic E-state index is 13.5. The molecule has 1 fully saturated rings. The van der Waals surface area contributed by atoms with Crippen LogP contribution in [0.25, 0.3) is 10.1 Å². The van der Waals surface area contributed by atoms with Crippen LogP contribution >= 0.6 is 22.9 Å². The maximum atomic E-state index is 13.5. The summed E-state index contributed by atoms with van der Waals surface area (Å²) in [6.45, 7) is 4.98. The third kappa shape index (κ3) is 3.68. The lowest BCUT2D eigenvalue weighted by molar-refractivity contribution is 0.0709. The van der Waals surface area contributed by atoms with Crippen LogP contribution in [0.3, 0.4) is 0 Å². The minimum absolute atomic E-state index is 0.118. The molecule has 4 nitrogen and oxygen atoms in total. The minimum atomic E-state index is -0.118. The van der Waals surface area contributed by atoms with E-state index in [4.69, 9.17) is 20.4 Å². The molecule has 1 aromatic carbocycles. The van der Waals surface area contributed by atoms with Crippen molar-refractivity contribution in [1.82, 2.24) is 4.90 Å². The van der Waals surface area contributed by atoms with Crippen LogP contribution in [0.5, 0.6) is 0 Å². The SMILES string of the molecule is Cc1ccc2c(Cl)c(C(=O)N(Cc3ccco3)Cc3ccc(C4CC4C)o3)sc2c1. The van der Waals surface area contributed by atoms with E-state index in [-0.39, 0.29) is 5.91 Å². The molecule has 0 spiro atoms. The highest BCUT2D eigenvalue weighted by molar-refractivity contribution is 7.21. The summed E-state index contributed by atoms with van der Waals surface area (Å²) in [4.78, 5) is 15.8. The summed E-state index contributed by atoms with van der Waals surface area (Å²) in [5, 5.41) is 1.42. The van der Waals surface area contributed by atoms with Crippen molar-refractivity contribution in [3.63, 3.8) is 0 Å². The lowest BCUT2D eigenvalue weighted by Crippen LogP contribution is -2.29. The Bertz CT molecular complexity index is 1210. The van der Waals surface area contributed by atoms with Gasteiger partial charge in [-0.05, 0) is 55.2 Å². The Hall–Kier alpha value is -2.50. The van der Waals surface area contributed by atoms with Gasteiger partial charge in [-0.3, -0.25) is 4.79 Å². The monoisotopic (exact) mass is 439 g/mol. The molecule has 0 radical (unpaired) electrons. The van der Waals surface area contributed by atoms with E-state index in [0.717, 1.165) is 32.9 Å². The molecule has 2 atom stereocenters. The van der Waals surface area contributed by atoms with Gasteiger partial charge in [-0.1, -0.05) is 30.7 Å². The van der Waals surface area contributed by atoms with E-state index in [9.17, 15) is 4.79 Å². The lowest BCUT2D eigenvalue weighted by atomic mass is 10.2. The van der Waals surface area contributed by atoms with Crippen molar-refractivity contribution >= 4 is 38.9 Å². The molecule has 3 heterocycles. The molecule has 2 unspecified atom stereocenters. The Kier molecular flexibility index (Phi) is 4.95. The number of benzene rings is 1. The molecule has 6 heteroatoms. The molecule has 0 N–H and O–H groups in total. The molecule has 1 amide bonds. The molecule has 1 aliphatic carbocycles. The van der Waals surface area contributed by atoms with Gasteiger partial charge in [0.1, 0.15) is 22.2 Å². The van der Waals surface area contributed by atoms with E-state index in [1.54, 1.807) is 11.2 Å². The zero-order chi connectivity index (χ0) is 20.8. The van der Waals surface area contributed by atoms with Gasteiger partial charge < -0.3 is 13.7 Å². The number of thiophene rings is 1. The van der Waals surface area contributed by atoms with Crippen molar-refractivity contribution in [2.45, 2.75) is 39.3 Å². The highest BCUT2D eigenvalue weighted by Gasteiger charge is 2.36. The molecule has 5 rings (SSSR count). The summed E-state index contributed by atoms with van der Waals surface area (Å²) in [5.74, 6) is 3.57. The van der Waals surface area contributed by atoms with E-state index in [2.05, 4.69) is 13.0 Å². The summed E-state index contributed by atoms with van der Waals surface area (Å²) < 4.78 is 12.6. The van der Waals surface area contributed by atoms with Gasteiger partial charge in [0.15, 0.2) is 0 Å². The van der Waals surface area contributed by atoms with Gasteiger partial charge in [0.25, 0.3) is 5.91 Å². The van der Waals surface area contributed by atoms with Crippen molar-refractivity contribution < 1.29 is 13.6 Å². The first-order chi connectivity index (χ1) is 14.5. The van der Waals surface area contributed by atoms with Gasteiger partial charge in [-0.2, -0.15) is 0 Å². The summed E-state index contributed by atoms with van der Waals surface area (Å²) in [7, 11) is 0. The molecular formula is C24H22ClNO3S. The highest BCUT2D eigenvalue weighted by Crippen LogP contribution is 2.47. The van der Waals surface area contributed by atoms with Gasteiger partial charge >= 0.3 is 0 Å². The van der Waals surface area contributed by atoms with Crippen LogP contribution < -0.4 is 0 Å². The molecule has 30 heavy (non-hydrogen) atoms. The molecule has 4 aromatic rings. The standard InChI is InChI=1S/C24H22ClNO3S/c1-14-5-7-18-21(10-14)30-23(22(18)25)24(27)26(12-16-4-3-9-28-16)13-17-6-8-20(29-17)19-11-15(19)2/h3-10,15,19H,11-13H2,1-2H3. The first-order valence-electron chi connectivity index (χ1n) is 10.1. The number of aryl methyl sites for hydroxylation is 1. The van der Waals surface area contributed by atoms with E-state index >= 15 is 0 Å². The zero-order valence-electron chi connectivity index (χ0n) is 16.9. The fourth-order valence-electron chi connectivity index (χ4n) is 3.83. The second-order valence-electron chi connectivity index (χ2n) is 8.11. The molecule has 1 aliphatic rings. The third-order valence-corrected chi connectivity index (χ3v) is 7.34. The van der Waals surface area contributed by atoms with Gasteiger partial charge in [0, 0.05) is 16.0 Å². The molecule has 0 bridgehead atoms. The molecule has 0 saturated heterocycles. The average Bonchev–Trinajstić information content (AvgIpc) is 3.14. The second kappa shape index (κ2) is 7.64. The van der Waals surface area contributed by atoms with Crippen LogP contribution in [0.2, 0.25) is 5.02 Å². The third-order valence-electron chi connectivity index (χ3n) is 5.70. The number of rotatable bonds is 6. The molecular weight excluding hydrogens is 418 g/mol. The highest BCUT2D eigenvalue weighted by atomic mass is 35.5.